The zero-order valence-electron chi connectivity index (χ0n) is 16.1. The highest BCUT2D eigenvalue weighted by atomic mass is 16.5. The van der Waals surface area contributed by atoms with E-state index in [0.717, 1.165) is 35.1 Å². The normalized spacial score (nSPS) is 15.3. The Morgan fingerprint density at radius 1 is 0.964 bits per heavy atom. The van der Waals surface area contributed by atoms with Gasteiger partial charge in [0, 0.05) is 11.1 Å². The Bertz CT molecular complexity index is 940. The zero-order valence-corrected chi connectivity index (χ0v) is 16.1. The molecule has 3 aromatic rings. The molecule has 0 saturated heterocycles. The van der Waals surface area contributed by atoms with E-state index < -0.39 is 6.10 Å². The SMILES string of the molecule is C[C@@H](Oc1cccc2ccccc12)C(=O)Nc1ccc(OC2CCCC2)cc1. The van der Waals surface area contributed by atoms with Crippen LogP contribution in [-0.2, 0) is 4.79 Å². The third-order valence-corrected chi connectivity index (χ3v) is 5.15. The van der Waals surface area contributed by atoms with Crippen LogP contribution in [0.1, 0.15) is 32.6 Å². The van der Waals surface area contributed by atoms with Gasteiger partial charge in [0.05, 0.1) is 6.10 Å². The average Bonchev–Trinajstić information content (AvgIpc) is 3.23. The fraction of sp³-hybridized carbons (Fsp3) is 0.292. The molecule has 1 amide bonds. The molecule has 0 aliphatic heterocycles. The van der Waals surface area contributed by atoms with Gasteiger partial charge >= 0.3 is 0 Å². The van der Waals surface area contributed by atoms with Crippen molar-refractivity contribution >= 4 is 22.4 Å². The van der Waals surface area contributed by atoms with Crippen LogP contribution in [0.4, 0.5) is 5.69 Å². The van der Waals surface area contributed by atoms with Crippen LogP contribution < -0.4 is 14.8 Å². The lowest BCUT2D eigenvalue weighted by Crippen LogP contribution is -2.30. The van der Waals surface area contributed by atoms with Crippen LogP contribution in [0.3, 0.4) is 0 Å². The quantitative estimate of drug-likeness (QED) is 0.613. The molecule has 1 saturated carbocycles. The lowest BCUT2D eigenvalue weighted by atomic mass is 10.1. The minimum absolute atomic E-state index is 0.183. The Kier molecular flexibility index (Phi) is 5.47. The van der Waals surface area contributed by atoms with Crippen LogP contribution in [0.5, 0.6) is 11.5 Å². The van der Waals surface area contributed by atoms with E-state index in [2.05, 4.69) is 5.32 Å². The van der Waals surface area contributed by atoms with Crippen LogP contribution in [0, 0.1) is 0 Å². The van der Waals surface area contributed by atoms with Gasteiger partial charge in [-0.1, -0.05) is 36.4 Å². The van der Waals surface area contributed by atoms with Gasteiger partial charge in [-0.2, -0.15) is 0 Å². The Labute approximate surface area is 165 Å². The van der Waals surface area contributed by atoms with Crippen molar-refractivity contribution in [2.24, 2.45) is 0 Å². The first-order valence-corrected chi connectivity index (χ1v) is 9.91. The molecule has 28 heavy (non-hydrogen) atoms. The molecule has 1 aliphatic rings. The largest absolute Gasteiger partial charge is 0.490 e. The maximum Gasteiger partial charge on any atom is 0.265 e. The zero-order chi connectivity index (χ0) is 19.3. The van der Waals surface area contributed by atoms with Crippen molar-refractivity contribution < 1.29 is 14.3 Å². The van der Waals surface area contributed by atoms with Gasteiger partial charge in [-0.3, -0.25) is 4.79 Å². The van der Waals surface area contributed by atoms with Gasteiger partial charge < -0.3 is 14.8 Å². The second-order valence-corrected chi connectivity index (χ2v) is 7.28. The lowest BCUT2D eigenvalue weighted by molar-refractivity contribution is -0.122. The minimum Gasteiger partial charge on any atom is -0.490 e. The molecule has 0 aromatic heterocycles. The Morgan fingerprint density at radius 3 is 2.46 bits per heavy atom. The van der Waals surface area contributed by atoms with E-state index in [4.69, 9.17) is 9.47 Å². The monoisotopic (exact) mass is 375 g/mol. The molecule has 1 atom stereocenters. The highest BCUT2D eigenvalue weighted by Crippen LogP contribution is 2.27. The number of benzene rings is 3. The van der Waals surface area contributed by atoms with Crippen LogP contribution in [0.25, 0.3) is 10.8 Å². The number of nitrogens with one attached hydrogen (secondary N) is 1. The topological polar surface area (TPSA) is 47.6 Å². The highest BCUT2D eigenvalue weighted by Gasteiger charge is 2.18. The molecular formula is C24H25NO3. The summed E-state index contributed by atoms with van der Waals surface area (Å²) < 4.78 is 11.9. The van der Waals surface area contributed by atoms with E-state index in [1.165, 1.54) is 12.8 Å². The first-order chi connectivity index (χ1) is 13.7. The number of amides is 1. The molecule has 0 spiro atoms. The fourth-order valence-electron chi connectivity index (χ4n) is 3.60. The molecule has 1 fully saturated rings. The number of hydrogen-bond donors (Lipinski definition) is 1. The maximum atomic E-state index is 12.5. The van der Waals surface area contributed by atoms with Crippen molar-refractivity contribution in [3.63, 3.8) is 0 Å². The number of ether oxygens (including phenoxy) is 2. The third-order valence-electron chi connectivity index (χ3n) is 5.15. The van der Waals surface area contributed by atoms with E-state index in [1.54, 1.807) is 6.92 Å². The lowest BCUT2D eigenvalue weighted by Gasteiger charge is -2.17. The summed E-state index contributed by atoms with van der Waals surface area (Å²) in [4.78, 5) is 12.5. The highest BCUT2D eigenvalue weighted by molar-refractivity contribution is 5.95. The van der Waals surface area contributed by atoms with Gasteiger partial charge in [0.2, 0.25) is 0 Å². The van der Waals surface area contributed by atoms with E-state index in [9.17, 15) is 4.79 Å². The number of rotatable bonds is 6. The number of anilines is 1. The van der Waals surface area contributed by atoms with E-state index in [0.29, 0.717) is 11.9 Å². The van der Waals surface area contributed by atoms with Crippen molar-refractivity contribution in [3.05, 3.63) is 66.7 Å². The molecule has 4 nitrogen and oxygen atoms in total. The molecule has 144 valence electrons. The second kappa shape index (κ2) is 8.34. The van der Waals surface area contributed by atoms with Gasteiger partial charge in [-0.25, -0.2) is 0 Å². The van der Waals surface area contributed by atoms with Crippen molar-refractivity contribution in [1.29, 1.82) is 0 Å². The molecule has 3 aromatic carbocycles. The molecule has 0 unspecified atom stereocenters. The summed E-state index contributed by atoms with van der Waals surface area (Å²) >= 11 is 0. The summed E-state index contributed by atoms with van der Waals surface area (Å²) in [5.74, 6) is 1.38. The molecule has 1 aliphatic carbocycles. The maximum absolute atomic E-state index is 12.5. The van der Waals surface area contributed by atoms with Crippen LogP contribution in [-0.4, -0.2) is 18.1 Å². The number of carbonyl (C=O) groups is 1. The first-order valence-electron chi connectivity index (χ1n) is 9.91. The predicted molar refractivity (Wildman–Crippen MR) is 112 cm³/mol. The summed E-state index contributed by atoms with van der Waals surface area (Å²) in [7, 11) is 0. The van der Waals surface area contributed by atoms with Crippen LogP contribution in [0.15, 0.2) is 66.7 Å². The van der Waals surface area contributed by atoms with Crippen molar-refractivity contribution in [1.82, 2.24) is 0 Å². The van der Waals surface area contributed by atoms with E-state index in [1.807, 2.05) is 66.7 Å². The van der Waals surface area contributed by atoms with Crippen LogP contribution >= 0.6 is 0 Å². The van der Waals surface area contributed by atoms with Gasteiger partial charge in [0.15, 0.2) is 6.10 Å². The van der Waals surface area contributed by atoms with Gasteiger partial charge in [0.1, 0.15) is 11.5 Å². The molecule has 4 rings (SSSR count). The molecule has 4 heteroatoms. The van der Waals surface area contributed by atoms with Gasteiger partial charge in [-0.15, -0.1) is 0 Å². The summed E-state index contributed by atoms with van der Waals surface area (Å²) in [6.07, 6.45) is 4.46. The number of fused-ring (bicyclic) bond motifs is 1. The smallest absolute Gasteiger partial charge is 0.265 e. The summed E-state index contributed by atoms with van der Waals surface area (Å²) in [5, 5.41) is 5.00. The van der Waals surface area contributed by atoms with Crippen molar-refractivity contribution in [3.8, 4) is 11.5 Å². The van der Waals surface area contributed by atoms with E-state index in [-0.39, 0.29) is 5.91 Å². The number of carbonyl (C=O) groups excluding carboxylic acids is 1. The summed E-state index contributed by atoms with van der Waals surface area (Å²) in [6, 6.07) is 21.4. The summed E-state index contributed by atoms with van der Waals surface area (Å²) in [5.41, 5.74) is 0.733. The fourth-order valence-corrected chi connectivity index (χ4v) is 3.60. The molecular weight excluding hydrogens is 350 g/mol. The molecule has 0 bridgehead atoms. The molecule has 1 N–H and O–H groups in total. The third kappa shape index (κ3) is 4.28. The average molecular weight is 375 g/mol. The van der Waals surface area contributed by atoms with Crippen molar-refractivity contribution in [2.45, 2.75) is 44.8 Å². The summed E-state index contributed by atoms with van der Waals surface area (Å²) in [6.45, 7) is 1.76. The van der Waals surface area contributed by atoms with E-state index >= 15 is 0 Å². The standard InChI is InChI=1S/C24H25NO3/c1-17(27-23-12-6-8-18-7-2-5-11-22(18)23)24(26)25-19-13-15-21(16-14-19)28-20-9-3-4-10-20/h2,5-8,11-17,20H,3-4,9-10H2,1H3,(H,25,26)/t17-/m1/s1. The molecule has 0 radical (unpaired) electrons. The Balaban J connectivity index is 1.37. The Hall–Kier alpha value is -3.01. The van der Waals surface area contributed by atoms with Gasteiger partial charge in [-0.05, 0) is 68.3 Å². The van der Waals surface area contributed by atoms with Gasteiger partial charge in [0.25, 0.3) is 5.91 Å². The Morgan fingerprint density at radius 2 is 1.68 bits per heavy atom. The van der Waals surface area contributed by atoms with Crippen LogP contribution in [0.2, 0.25) is 0 Å². The first kappa shape index (κ1) is 18.4. The number of hydrogen-bond acceptors (Lipinski definition) is 3. The molecule has 0 heterocycles. The predicted octanol–water partition coefficient (Wildman–Crippen LogP) is 5.57. The second-order valence-electron chi connectivity index (χ2n) is 7.28. The minimum atomic E-state index is -0.611. The van der Waals surface area contributed by atoms with Crippen molar-refractivity contribution in [2.75, 3.05) is 5.32 Å².